The first-order chi connectivity index (χ1) is 12.4. The van der Waals surface area contributed by atoms with Gasteiger partial charge in [0, 0.05) is 25.1 Å². The fraction of sp³-hybridized carbons (Fsp3) is 0.278. The van der Waals surface area contributed by atoms with Crippen LogP contribution in [-0.2, 0) is 10.0 Å². The molecule has 0 saturated carbocycles. The fourth-order valence-corrected chi connectivity index (χ4v) is 4.82. The number of sulfonamides is 1. The third kappa shape index (κ3) is 2.99. The Hall–Kier alpha value is -2.32. The maximum atomic E-state index is 14.0. The van der Waals surface area contributed by atoms with Gasteiger partial charge in [-0.15, -0.1) is 0 Å². The molecule has 8 heteroatoms. The standard InChI is InChI=1S/C18H16F2N2O3S/c19-13-7-8-17(14(20)10-13)26(23,24)22-9-3-4-12(11-22)18-21-15-5-1-2-6-16(15)25-18/h1-2,5-8,10,12H,3-4,9,11H2/t12-/m1/s1. The van der Waals surface area contributed by atoms with Crippen LogP contribution in [0.1, 0.15) is 24.7 Å². The van der Waals surface area contributed by atoms with E-state index in [0.29, 0.717) is 29.5 Å². The molecule has 0 radical (unpaired) electrons. The lowest BCUT2D eigenvalue weighted by Gasteiger charge is -2.30. The second-order valence-corrected chi connectivity index (χ2v) is 8.20. The molecule has 2 heterocycles. The lowest BCUT2D eigenvalue weighted by molar-refractivity contribution is 0.287. The van der Waals surface area contributed by atoms with Crippen molar-refractivity contribution in [1.29, 1.82) is 0 Å². The summed E-state index contributed by atoms with van der Waals surface area (Å²) in [4.78, 5) is 3.93. The van der Waals surface area contributed by atoms with Crippen LogP contribution >= 0.6 is 0 Å². The number of halogens is 2. The molecule has 0 aliphatic carbocycles. The third-order valence-corrected chi connectivity index (χ3v) is 6.45. The molecule has 0 amide bonds. The summed E-state index contributed by atoms with van der Waals surface area (Å²) >= 11 is 0. The van der Waals surface area contributed by atoms with Gasteiger partial charge in [0.25, 0.3) is 0 Å². The molecule has 0 N–H and O–H groups in total. The molecule has 1 fully saturated rings. The van der Waals surface area contributed by atoms with Crippen LogP contribution in [0.4, 0.5) is 8.78 Å². The summed E-state index contributed by atoms with van der Waals surface area (Å²) in [6, 6.07) is 9.80. The SMILES string of the molecule is O=S(=O)(c1ccc(F)cc1F)N1CCC[C@@H](c2nc3ccccc3o2)C1. The number of piperidine rings is 1. The van der Waals surface area contributed by atoms with Gasteiger partial charge in [0.15, 0.2) is 11.5 Å². The highest BCUT2D eigenvalue weighted by Gasteiger charge is 2.34. The quantitative estimate of drug-likeness (QED) is 0.698. The van der Waals surface area contributed by atoms with Crippen molar-refractivity contribution in [1.82, 2.24) is 9.29 Å². The van der Waals surface area contributed by atoms with Crippen molar-refractivity contribution in [3.05, 3.63) is 60.0 Å². The maximum Gasteiger partial charge on any atom is 0.246 e. The van der Waals surface area contributed by atoms with Crippen LogP contribution < -0.4 is 0 Å². The second-order valence-electron chi connectivity index (χ2n) is 6.30. The van der Waals surface area contributed by atoms with Crippen molar-refractivity contribution in [2.75, 3.05) is 13.1 Å². The van der Waals surface area contributed by atoms with Crippen LogP contribution in [-0.4, -0.2) is 30.8 Å². The van der Waals surface area contributed by atoms with E-state index in [9.17, 15) is 17.2 Å². The van der Waals surface area contributed by atoms with Crippen LogP contribution in [0.2, 0.25) is 0 Å². The number of aromatic nitrogens is 1. The molecule has 0 spiro atoms. The first-order valence-electron chi connectivity index (χ1n) is 8.26. The van der Waals surface area contributed by atoms with E-state index in [1.165, 1.54) is 4.31 Å². The van der Waals surface area contributed by atoms with Crippen molar-refractivity contribution >= 4 is 21.1 Å². The van der Waals surface area contributed by atoms with E-state index >= 15 is 0 Å². The largest absolute Gasteiger partial charge is 0.440 e. The Balaban J connectivity index is 1.63. The van der Waals surface area contributed by atoms with Gasteiger partial charge in [0.2, 0.25) is 10.0 Å². The van der Waals surface area contributed by atoms with Gasteiger partial charge < -0.3 is 4.42 Å². The highest BCUT2D eigenvalue weighted by atomic mass is 32.2. The van der Waals surface area contributed by atoms with E-state index in [1.54, 1.807) is 6.07 Å². The van der Waals surface area contributed by atoms with Crippen LogP contribution in [0.5, 0.6) is 0 Å². The molecule has 4 rings (SSSR count). The van der Waals surface area contributed by atoms with Crippen molar-refractivity contribution < 1.29 is 21.6 Å². The summed E-state index contributed by atoms with van der Waals surface area (Å²) in [6.45, 7) is 0.419. The van der Waals surface area contributed by atoms with E-state index < -0.39 is 26.6 Å². The zero-order chi connectivity index (χ0) is 18.3. The number of oxazole rings is 1. The highest BCUT2D eigenvalue weighted by Crippen LogP contribution is 2.32. The Labute approximate surface area is 149 Å². The molecule has 1 aromatic heterocycles. The molecule has 3 aromatic rings. The second kappa shape index (κ2) is 6.44. The lowest BCUT2D eigenvalue weighted by atomic mass is 10.00. The molecule has 5 nitrogen and oxygen atoms in total. The molecule has 2 aromatic carbocycles. The van der Waals surface area contributed by atoms with Crippen molar-refractivity contribution in [2.45, 2.75) is 23.7 Å². The Morgan fingerprint density at radius 2 is 1.96 bits per heavy atom. The molecular weight excluding hydrogens is 362 g/mol. The van der Waals surface area contributed by atoms with Crippen LogP contribution in [0.3, 0.4) is 0 Å². The Kier molecular flexibility index (Phi) is 4.24. The monoisotopic (exact) mass is 378 g/mol. The summed E-state index contributed by atoms with van der Waals surface area (Å²) in [7, 11) is -4.06. The van der Waals surface area contributed by atoms with Gasteiger partial charge in [-0.05, 0) is 37.1 Å². The topological polar surface area (TPSA) is 63.4 Å². The van der Waals surface area contributed by atoms with Gasteiger partial charge >= 0.3 is 0 Å². The first kappa shape index (κ1) is 17.1. The number of hydrogen-bond acceptors (Lipinski definition) is 4. The number of para-hydroxylation sites is 2. The summed E-state index contributed by atoms with van der Waals surface area (Å²) in [5.74, 6) is -1.64. The molecule has 136 valence electrons. The minimum atomic E-state index is -4.06. The van der Waals surface area contributed by atoms with Gasteiger partial charge in [-0.1, -0.05) is 12.1 Å². The van der Waals surface area contributed by atoms with Gasteiger partial charge in [0.05, 0.1) is 0 Å². The maximum absolute atomic E-state index is 14.0. The molecule has 1 atom stereocenters. The van der Waals surface area contributed by atoms with E-state index in [4.69, 9.17) is 4.42 Å². The van der Waals surface area contributed by atoms with Crippen molar-refractivity contribution in [3.8, 4) is 0 Å². The molecular formula is C18H16F2N2O3S. The van der Waals surface area contributed by atoms with Gasteiger partial charge in [-0.25, -0.2) is 22.2 Å². The van der Waals surface area contributed by atoms with Crippen LogP contribution in [0, 0.1) is 11.6 Å². The summed E-state index contributed by atoms with van der Waals surface area (Å²) < 4.78 is 59.6. The number of rotatable bonds is 3. The molecule has 1 saturated heterocycles. The Morgan fingerprint density at radius 3 is 2.73 bits per heavy atom. The smallest absolute Gasteiger partial charge is 0.246 e. The number of fused-ring (bicyclic) bond motifs is 1. The zero-order valence-corrected chi connectivity index (χ0v) is 14.5. The highest BCUT2D eigenvalue weighted by molar-refractivity contribution is 7.89. The van der Waals surface area contributed by atoms with Crippen LogP contribution in [0.15, 0.2) is 51.8 Å². The van der Waals surface area contributed by atoms with Crippen LogP contribution in [0.25, 0.3) is 11.1 Å². The molecule has 0 bridgehead atoms. The van der Waals surface area contributed by atoms with E-state index in [-0.39, 0.29) is 19.0 Å². The number of nitrogens with zero attached hydrogens (tertiary/aromatic N) is 2. The lowest BCUT2D eigenvalue weighted by Crippen LogP contribution is -2.39. The predicted molar refractivity (Wildman–Crippen MR) is 91.1 cm³/mol. The van der Waals surface area contributed by atoms with Crippen molar-refractivity contribution in [3.63, 3.8) is 0 Å². The number of benzene rings is 2. The number of hydrogen-bond donors (Lipinski definition) is 0. The summed E-state index contributed by atoms with van der Waals surface area (Å²) in [5.41, 5.74) is 1.36. The first-order valence-corrected chi connectivity index (χ1v) is 9.70. The van der Waals surface area contributed by atoms with Gasteiger partial charge in [0.1, 0.15) is 22.0 Å². The normalized spacial score (nSPS) is 19.1. The Morgan fingerprint density at radius 1 is 1.15 bits per heavy atom. The molecule has 26 heavy (non-hydrogen) atoms. The van der Waals surface area contributed by atoms with E-state index in [2.05, 4.69) is 4.98 Å². The van der Waals surface area contributed by atoms with E-state index in [1.807, 2.05) is 18.2 Å². The summed E-state index contributed by atoms with van der Waals surface area (Å²) in [6.07, 6.45) is 1.33. The predicted octanol–water partition coefficient (Wildman–Crippen LogP) is 3.67. The molecule has 1 aliphatic rings. The van der Waals surface area contributed by atoms with E-state index in [0.717, 1.165) is 18.6 Å². The Bertz CT molecular complexity index is 1030. The molecule has 0 unspecified atom stereocenters. The van der Waals surface area contributed by atoms with Gasteiger partial charge in [-0.2, -0.15) is 4.31 Å². The average molecular weight is 378 g/mol. The minimum absolute atomic E-state index is 0.145. The molecule has 1 aliphatic heterocycles. The zero-order valence-electron chi connectivity index (χ0n) is 13.7. The minimum Gasteiger partial charge on any atom is -0.440 e. The fourth-order valence-electron chi connectivity index (χ4n) is 3.25. The average Bonchev–Trinajstić information content (AvgIpc) is 3.06. The summed E-state index contributed by atoms with van der Waals surface area (Å²) in [5, 5.41) is 0. The van der Waals surface area contributed by atoms with Gasteiger partial charge in [-0.3, -0.25) is 0 Å². The van der Waals surface area contributed by atoms with Crippen molar-refractivity contribution in [2.24, 2.45) is 0 Å². The third-order valence-electron chi connectivity index (χ3n) is 4.56.